The summed E-state index contributed by atoms with van der Waals surface area (Å²) in [5.41, 5.74) is 0.617. The van der Waals surface area contributed by atoms with E-state index in [1.807, 2.05) is 0 Å². The number of fused-ring (bicyclic) bond motifs is 3. The van der Waals surface area contributed by atoms with Crippen molar-refractivity contribution in [3.05, 3.63) is 68.6 Å². The average Bonchev–Trinajstić information content (AvgIpc) is 3.05. The molecule has 0 aliphatic heterocycles. The van der Waals surface area contributed by atoms with E-state index in [0.717, 1.165) is 35.7 Å². The van der Waals surface area contributed by atoms with Crippen LogP contribution in [-0.2, 0) is 21.6 Å². The number of nitrogens with zero attached hydrogens (tertiary/aromatic N) is 1. The standard InChI is InChI=1S/C23H21Cl2NO5/c1-3-23-7-6-15(27)10-16(23)18-13(11-23)9-17(19(24)20(18)25)31-22(2,21(28)29)14-5-4-8-26(30)12-14/h4-5,8-10,12H,3,6-7,11H2,1-2H3,(H,28,29). The first kappa shape index (κ1) is 21.7. The molecule has 2 aromatic rings. The molecule has 2 aliphatic rings. The number of allylic oxidation sites excluding steroid dienone is 2. The zero-order valence-corrected chi connectivity index (χ0v) is 18.6. The third kappa shape index (κ3) is 3.38. The van der Waals surface area contributed by atoms with E-state index >= 15 is 0 Å². The lowest BCUT2D eigenvalue weighted by Gasteiger charge is -2.32. The lowest BCUT2D eigenvalue weighted by molar-refractivity contribution is -0.606. The van der Waals surface area contributed by atoms with Crippen molar-refractivity contribution in [2.24, 2.45) is 5.41 Å². The van der Waals surface area contributed by atoms with Gasteiger partial charge in [-0.1, -0.05) is 30.1 Å². The summed E-state index contributed by atoms with van der Waals surface area (Å²) in [6.45, 7) is 3.44. The van der Waals surface area contributed by atoms with Gasteiger partial charge in [0.1, 0.15) is 10.8 Å². The van der Waals surface area contributed by atoms with Crippen LogP contribution in [0.15, 0.2) is 36.7 Å². The van der Waals surface area contributed by atoms with Crippen molar-refractivity contribution in [1.82, 2.24) is 0 Å². The molecule has 0 saturated carbocycles. The van der Waals surface area contributed by atoms with Gasteiger partial charge in [0.05, 0.1) is 10.6 Å². The van der Waals surface area contributed by atoms with E-state index in [0.29, 0.717) is 17.6 Å². The minimum atomic E-state index is -1.86. The second kappa shape index (κ2) is 7.53. The second-order valence-corrected chi connectivity index (χ2v) is 9.02. The van der Waals surface area contributed by atoms with Crippen molar-refractivity contribution >= 4 is 40.5 Å². The Balaban J connectivity index is 1.83. The molecule has 0 radical (unpaired) electrons. The van der Waals surface area contributed by atoms with Gasteiger partial charge in [-0.25, -0.2) is 4.79 Å². The topological polar surface area (TPSA) is 90.5 Å². The molecule has 1 heterocycles. The number of rotatable bonds is 5. The number of carboxylic acids is 1. The fourth-order valence-electron chi connectivity index (χ4n) is 4.60. The normalized spacial score (nSPS) is 21.7. The Morgan fingerprint density at radius 1 is 1.39 bits per heavy atom. The number of hydrogen-bond donors (Lipinski definition) is 1. The van der Waals surface area contributed by atoms with E-state index in [1.54, 1.807) is 12.1 Å². The van der Waals surface area contributed by atoms with E-state index < -0.39 is 11.6 Å². The molecule has 6 nitrogen and oxygen atoms in total. The first-order valence-electron chi connectivity index (χ1n) is 9.99. The summed E-state index contributed by atoms with van der Waals surface area (Å²) in [7, 11) is 0. The number of benzene rings is 1. The summed E-state index contributed by atoms with van der Waals surface area (Å²) in [5, 5.41) is 21.9. The Morgan fingerprint density at radius 3 is 2.77 bits per heavy atom. The molecule has 0 saturated heterocycles. The van der Waals surface area contributed by atoms with Crippen molar-refractivity contribution in [2.45, 2.75) is 45.1 Å². The van der Waals surface area contributed by atoms with Crippen LogP contribution in [0.2, 0.25) is 10.0 Å². The van der Waals surface area contributed by atoms with Crippen LogP contribution in [-0.4, -0.2) is 16.9 Å². The Kier molecular flexibility index (Phi) is 5.26. The van der Waals surface area contributed by atoms with Crippen LogP contribution >= 0.6 is 23.2 Å². The number of aliphatic carboxylic acids is 1. The maximum atomic E-state index is 12.1. The lowest BCUT2D eigenvalue weighted by Crippen LogP contribution is -2.41. The van der Waals surface area contributed by atoms with Crippen LogP contribution in [0.5, 0.6) is 5.75 Å². The second-order valence-electron chi connectivity index (χ2n) is 8.26. The Bertz CT molecular complexity index is 1150. The third-order valence-corrected chi connectivity index (χ3v) is 7.35. The van der Waals surface area contributed by atoms with Gasteiger partial charge in [0.15, 0.2) is 18.2 Å². The lowest BCUT2D eigenvalue weighted by atomic mass is 9.71. The van der Waals surface area contributed by atoms with Crippen molar-refractivity contribution < 1.29 is 24.2 Å². The van der Waals surface area contributed by atoms with E-state index in [1.165, 1.54) is 25.3 Å². The molecule has 8 heteroatoms. The molecule has 4 rings (SSSR count). The predicted molar refractivity (Wildman–Crippen MR) is 116 cm³/mol. The highest BCUT2D eigenvalue weighted by molar-refractivity contribution is 6.44. The van der Waals surface area contributed by atoms with Crippen LogP contribution < -0.4 is 9.47 Å². The van der Waals surface area contributed by atoms with Crippen molar-refractivity contribution in [3.8, 4) is 5.75 Å². The fourth-order valence-corrected chi connectivity index (χ4v) is 5.11. The van der Waals surface area contributed by atoms with Gasteiger partial charge in [-0.15, -0.1) is 0 Å². The summed E-state index contributed by atoms with van der Waals surface area (Å²) < 4.78 is 6.44. The van der Waals surface area contributed by atoms with Crippen molar-refractivity contribution in [1.29, 1.82) is 0 Å². The summed E-state index contributed by atoms with van der Waals surface area (Å²) in [6, 6.07) is 4.66. The number of ketones is 1. The smallest absolute Gasteiger partial charge is 0.352 e. The SMILES string of the molecule is CCC12CCC(=O)C=C1c1c(cc(OC(C)(C(=O)O)c3ccc[n+]([O-])c3)c(Cl)c1Cl)C2. The minimum Gasteiger partial charge on any atom is -0.619 e. The van der Waals surface area contributed by atoms with Gasteiger partial charge in [-0.05, 0) is 55.5 Å². The molecule has 162 valence electrons. The average molecular weight is 462 g/mol. The van der Waals surface area contributed by atoms with Gasteiger partial charge in [-0.3, -0.25) is 4.79 Å². The van der Waals surface area contributed by atoms with Gasteiger partial charge < -0.3 is 15.1 Å². The van der Waals surface area contributed by atoms with E-state index in [2.05, 4.69) is 6.92 Å². The predicted octanol–water partition coefficient (Wildman–Crippen LogP) is 4.70. The molecule has 1 N–H and O–H groups in total. The van der Waals surface area contributed by atoms with E-state index in [4.69, 9.17) is 27.9 Å². The van der Waals surface area contributed by atoms with Gasteiger partial charge in [0.25, 0.3) is 0 Å². The van der Waals surface area contributed by atoms with E-state index in [-0.39, 0.29) is 32.6 Å². The molecular weight excluding hydrogens is 441 g/mol. The van der Waals surface area contributed by atoms with E-state index in [9.17, 15) is 19.9 Å². The molecule has 0 spiro atoms. The first-order valence-corrected chi connectivity index (χ1v) is 10.7. The Labute approximate surface area is 189 Å². The maximum Gasteiger partial charge on any atom is 0.352 e. The number of pyridine rings is 1. The number of hydrogen-bond acceptors (Lipinski definition) is 4. The number of halogens is 2. The third-order valence-electron chi connectivity index (χ3n) is 6.50. The largest absolute Gasteiger partial charge is 0.619 e. The van der Waals surface area contributed by atoms with Crippen LogP contribution in [0, 0.1) is 10.6 Å². The molecule has 1 aromatic heterocycles. The van der Waals surface area contributed by atoms with Gasteiger partial charge in [-0.2, -0.15) is 4.73 Å². The number of aromatic nitrogens is 1. The number of carbonyl (C=O) groups is 2. The molecule has 1 aromatic carbocycles. The molecule has 2 aliphatic carbocycles. The minimum absolute atomic E-state index is 0.0629. The summed E-state index contributed by atoms with van der Waals surface area (Å²) in [4.78, 5) is 24.3. The fraction of sp³-hybridized carbons (Fsp3) is 0.348. The van der Waals surface area contributed by atoms with Crippen LogP contribution in [0.25, 0.3) is 5.57 Å². The van der Waals surface area contributed by atoms with Crippen LogP contribution in [0.4, 0.5) is 0 Å². The molecule has 0 bridgehead atoms. The molecule has 31 heavy (non-hydrogen) atoms. The Hall–Kier alpha value is -2.57. The molecule has 2 unspecified atom stereocenters. The highest BCUT2D eigenvalue weighted by Gasteiger charge is 2.46. The number of carboxylic acid groups (broad SMARTS) is 1. The number of ether oxygens (including phenoxy) is 1. The highest BCUT2D eigenvalue weighted by Crippen LogP contribution is 2.58. The molecule has 0 amide bonds. The Morgan fingerprint density at radius 2 is 2.13 bits per heavy atom. The van der Waals surface area contributed by atoms with Crippen LogP contribution in [0.1, 0.15) is 49.8 Å². The zero-order chi connectivity index (χ0) is 22.6. The van der Waals surface area contributed by atoms with Crippen molar-refractivity contribution in [3.63, 3.8) is 0 Å². The summed E-state index contributed by atoms with van der Waals surface area (Å²) in [6.07, 6.45) is 6.79. The van der Waals surface area contributed by atoms with Gasteiger partial charge in [0.2, 0.25) is 5.60 Å². The molecular formula is C23H21Cl2NO5. The van der Waals surface area contributed by atoms with Gasteiger partial charge >= 0.3 is 5.97 Å². The molecule has 0 fully saturated rings. The van der Waals surface area contributed by atoms with Gasteiger partial charge in [0, 0.05) is 23.5 Å². The number of carbonyl (C=O) groups excluding carboxylic acids is 1. The monoisotopic (exact) mass is 461 g/mol. The van der Waals surface area contributed by atoms with Crippen LogP contribution in [0.3, 0.4) is 0 Å². The first-order chi connectivity index (χ1) is 14.6. The summed E-state index contributed by atoms with van der Waals surface area (Å²) >= 11 is 13.2. The maximum absolute atomic E-state index is 12.1. The zero-order valence-electron chi connectivity index (χ0n) is 17.1. The molecule has 2 atom stereocenters. The highest BCUT2D eigenvalue weighted by atomic mass is 35.5. The summed E-state index contributed by atoms with van der Waals surface area (Å²) in [5.74, 6) is -1.10. The quantitative estimate of drug-likeness (QED) is 0.514. The van der Waals surface area contributed by atoms with Crippen molar-refractivity contribution in [2.75, 3.05) is 0 Å².